The van der Waals surface area contributed by atoms with Crippen LogP contribution in [-0.2, 0) is 9.53 Å². The van der Waals surface area contributed by atoms with Gasteiger partial charge in [0.2, 0.25) is 5.91 Å². The standard InChI is InChI=1S/C25H29Cl2N3O4/c1-18-13-20(6-7-21(18)27)33-17-25(14-23(31)29-9-3-2-4-10-29)16-30(11-12-34-25)24(32)22-8-5-19(26)15-28-22/h5-8,13,15H,2-4,9-12,14,16-17H2,1H3/t25-/m0/s1. The van der Waals surface area contributed by atoms with Crippen LogP contribution in [0.4, 0.5) is 0 Å². The Kier molecular flexibility index (Phi) is 7.96. The number of hydrogen-bond donors (Lipinski definition) is 0. The Hall–Kier alpha value is -2.35. The second-order valence-electron chi connectivity index (χ2n) is 8.94. The van der Waals surface area contributed by atoms with Crippen LogP contribution >= 0.6 is 23.2 Å². The third-order valence-corrected chi connectivity index (χ3v) is 6.94. The van der Waals surface area contributed by atoms with Gasteiger partial charge >= 0.3 is 0 Å². The quantitative estimate of drug-likeness (QED) is 0.581. The third-order valence-electron chi connectivity index (χ3n) is 6.30. The molecule has 3 heterocycles. The van der Waals surface area contributed by atoms with Crippen molar-refractivity contribution < 1.29 is 19.1 Å². The summed E-state index contributed by atoms with van der Waals surface area (Å²) < 4.78 is 12.3. The summed E-state index contributed by atoms with van der Waals surface area (Å²) in [4.78, 5) is 34.1. The Bertz CT molecular complexity index is 1030. The van der Waals surface area contributed by atoms with E-state index in [1.165, 1.54) is 6.20 Å². The summed E-state index contributed by atoms with van der Waals surface area (Å²) in [5, 5.41) is 1.12. The Morgan fingerprint density at radius 2 is 1.88 bits per heavy atom. The number of pyridine rings is 1. The van der Waals surface area contributed by atoms with Crippen LogP contribution in [0.1, 0.15) is 41.7 Å². The molecule has 2 aliphatic rings. The van der Waals surface area contributed by atoms with Crippen LogP contribution < -0.4 is 4.74 Å². The molecule has 1 atom stereocenters. The third kappa shape index (κ3) is 6.01. The predicted molar refractivity (Wildman–Crippen MR) is 131 cm³/mol. The van der Waals surface area contributed by atoms with Crippen molar-refractivity contribution >= 4 is 35.0 Å². The fourth-order valence-electron chi connectivity index (χ4n) is 4.38. The van der Waals surface area contributed by atoms with Gasteiger partial charge in [-0.1, -0.05) is 23.2 Å². The summed E-state index contributed by atoms with van der Waals surface area (Å²) in [7, 11) is 0. The number of morpholine rings is 1. The van der Waals surface area contributed by atoms with Crippen LogP contribution in [0.3, 0.4) is 0 Å². The van der Waals surface area contributed by atoms with Crippen molar-refractivity contribution in [3.63, 3.8) is 0 Å². The molecule has 0 radical (unpaired) electrons. The molecule has 0 unspecified atom stereocenters. The minimum Gasteiger partial charge on any atom is -0.490 e. The Labute approximate surface area is 209 Å². The number of hydrogen-bond acceptors (Lipinski definition) is 5. The molecule has 2 fully saturated rings. The van der Waals surface area contributed by atoms with Gasteiger partial charge in [0, 0.05) is 30.9 Å². The summed E-state index contributed by atoms with van der Waals surface area (Å²) in [6.07, 6.45) is 4.74. The second kappa shape index (κ2) is 10.9. The van der Waals surface area contributed by atoms with Crippen molar-refractivity contribution in [1.29, 1.82) is 0 Å². The Morgan fingerprint density at radius 3 is 2.59 bits per heavy atom. The molecular weight excluding hydrogens is 477 g/mol. The molecule has 7 nitrogen and oxygen atoms in total. The molecule has 9 heteroatoms. The van der Waals surface area contributed by atoms with Gasteiger partial charge in [0.1, 0.15) is 23.7 Å². The predicted octanol–water partition coefficient (Wildman–Crippen LogP) is 4.39. The second-order valence-corrected chi connectivity index (χ2v) is 9.78. The van der Waals surface area contributed by atoms with Crippen molar-refractivity contribution in [3.05, 3.63) is 57.8 Å². The minimum absolute atomic E-state index is 0.0227. The highest BCUT2D eigenvalue weighted by molar-refractivity contribution is 6.31. The number of ether oxygens (including phenoxy) is 2. The van der Waals surface area contributed by atoms with Gasteiger partial charge in [-0.2, -0.15) is 0 Å². The summed E-state index contributed by atoms with van der Waals surface area (Å²) in [6, 6.07) is 8.67. The molecule has 2 aliphatic heterocycles. The maximum atomic E-state index is 13.2. The molecule has 182 valence electrons. The molecule has 0 aliphatic carbocycles. The lowest BCUT2D eigenvalue weighted by molar-refractivity contribution is -0.153. The Morgan fingerprint density at radius 1 is 1.09 bits per heavy atom. The first-order valence-corrected chi connectivity index (χ1v) is 12.3. The zero-order chi connectivity index (χ0) is 24.1. The van der Waals surface area contributed by atoms with E-state index < -0.39 is 5.60 Å². The molecule has 0 bridgehead atoms. The van der Waals surface area contributed by atoms with Crippen molar-refractivity contribution in [2.24, 2.45) is 0 Å². The summed E-state index contributed by atoms with van der Waals surface area (Å²) in [6.45, 7) is 4.47. The minimum atomic E-state index is -0.970. The zero-order valence-corrected chi connectivity index (χ0v) is 20.8. The van der Waals surface area contributed by atoms with Crippen LogP contribution in [0.2, 0.25) is 10.0 Å². The average molecular weight is 506 g/mol. The number of carbonyl (C=O) groups excluding carboxylic acids is 2. The van der Waals surface area contributed by atoms with Crippen molar-refractivity contribution in [3.8, 4) is 5.75 Å². The van der Waals surface area contributed by atoms with E-state index in [9.17, 15) is 9.59 Å². The van der Waals surface area contributed by atoms with E-state index in [1.807, 2.05) is 17.9 Å². The number of halogens is 2. The van der Waals surface area contributed by atoms with Crippen LogP contribution in [0, 0.1) is 6.92 Å². The summed E-state index contributed by atoms with van der Waals surface area (Å²) in [5.74, 6) is 0.435. The fourth-order valence-corrected chi connectivity index (χ4v) is 4.61. The van der Waals surface area contributed by atoms with Crippen LogP contribution in [0.25, 0.3) is 0 Å². The van der Waals surface area contributed by atoms with Gasteiger partial charge in [0.25, 0.3) is 5.91 Å². The van der Waals surface area contributed by atoms with Crippen LogP contribution in [0.5, 0.6) is 5.75 Å². The number of amides is 2. The molecule has 34 heavy (non-hydrogen) atoms. The number of benzene rings is 1. The fraction of sp³-hybridized carbons (Fsp3) is 0.480. The van der Waals surface area contributed by atoms with E-state index in [4.69, 9.17) is 32.7 Å². The molecule has 0 N–H and O–H groups in total. The number of likely N-dealkylation sites (tertiary alicyclic amines) is 1. The number of aromatic nitrogens is 1. The molecule has 2 aromatic rings. The van der Waals surface area contributed by atoms with Gasteiger partial charge in [-0.05, 0) is 62.1 Å². The smallest absolute Gasteiger partial charge is 0.272 e. The molecule has 2 saturated heterocycles. The molecule has 1 aromatic heterocycles. The van der Waals surface area contributed by atoms with Crippen molar-refractivity contribution in [2.45, 2.75) is 38.2 Å². The number of piperidine rings is 1. The first-order chi connectivity index (χ1) is 16.3. The van der Waals surface area contributed by atoms with Gasteiger partial charge in [-0.25, -0.2) is 4.98 Å². The van der Waals surface area contributed by atoms with E-state index in [0.717, 1.165) is 37.9 Å². The SMILES string of the molecule is Cc1cc(OC[C@]2(CC(=O)N3CCCCC3)CN(C(=O)c3ccc(Cl)cn3)CCO2)ccc1Cl. The maximum Gasteiger partial charge on any atom is 0.272 e. The first-order valence-electron chi connectivity index (χ1n) is 11.6. The lowest BCUT2D eigenvalue weighted by atomic mass is 9.96. The largest absolute Gasteiger partial charge is 0.490 e. The highest BCUT2D eigenvalue weighted by Gasteiger charge is 2.42. The molecule has 2 amide bonds. The van der Waals surface area contributed by atoms with Gasteiger partial charge in [0.05, 0.1) is 24.6 Å². The van der Waals surface area contributed by atoms with E-state index in [0.29, 0.717) is 34.6 Å². The average Bonchev–Trinajstić information content (AvgIpc) is 2.85. The Balaban J connectivity index is 1.53. The van der Waals surface area contributed by atoms with Crippen LogP contribution in [0.15, 0.2) is 36.5 Å². The van der Waals surface area contributed by atoms with Crippen LogP contribution in [-0.4, -0.2) is 71.6 Å². The molecular formula is C25H29Cl2N3O4. The monoisotopic (exact) mass is 505 g/mol. The van der Waals surface area contributed by atoms with Gasteiger partial charge < -0.3 is 19.3 Å². The highest BCUT2D eigenvalue weighted by atomic mass is 35.5. The summed E-state index contributed by atoms with van der Waals surface area (Å²) in [5.41, 5.74) is 0.229. The van der Waals surface area contributed by atoms with Crippen molar-refractivity contribution in [2.75, 3.05) is 39.4 Å². The number of rotatable bonds is 6. The molecule has 0 saturated carbocycles. The highest BCUT2D eigenvalue weighted by Crippen LogP contribution is 2.28. The van der Waals surface area contributed by atoms with Gasteiger partial charge in [-0.15, -0.1) is 0 Å². The topological polar surface area (TPSA) is 72.0 Å². The van der Waals surface area contributed by atoms with E-state index in [2.05, 4.69) is 4.98 Å². The summed E-state index contributed by atoms with van der Waals surface area (Å²) >= 11 is 12.1. The van der Waals surface area contributed by atoms with Crippen molar-refractivity contribution in [1.82, 2.24) is 14.8 Å². The number of carbonyl (C=O) groups is 2. The zero-order valence-electron chi connectivity index (χ0n) is 19.3. The normalized spacial score (nSPS) is 20.8. The molecule has 1 aromatic carbocycles. The number of aryl methyl sites for hydroxylation is 1. The maximum absolute atomic E-state index is 13.2. The number of nitrogens with zero attached hydrogens (tertiary/aromatic N) is 3. The molecule has 0 spiro atoms. The van der Waals surface area contributed by atoms with E-state index in [-0.39, 0.29) is 31.4 Å². The molecule has 4 rings (SSSR count). The lowest BCUT2D eigenvalue weighted by Crippen LogP contribution is -2.58. The van der Waals surface area contributed by atoms with E-state index in [1.54, 1.807) is 29.2 Å². The van der Waals surface area contributed by atoms with Gasteiger partial charge in [0.15, 0.2) is 0 Å². The van der Waals surface area contributed by atoms with Gasteiger partial charge in [-0.3, -0.25) is 9.59 Å². The first kappa shape index (κ1) is 24.8. The van der Waals surface area contributed by atoms with E-state index >= 15 is 0 Å². The lowest BCUT2D eigenvalue weighted by Gasteiger charge is -2.43.